The molecule has 0 unspecified atom stereocenters. The van der Waals surface area contributed by atoms with Crippen LogP contribution in [-0.2, 0) is 4.74 Å². The van der Waals surface area contributed by atoms with Crippen LogP contribution in [0.25, 0.3) is 22.2 Å². The number of hydrogen-bond donors (Lipinski definition) is 1. The van der Waals surface area contributed by atoms with E-state index < -0.39 is 0 Å². The second-order valence-corrected chi connectivity index (χ2v) is 5.75. The molecular weight excluding hydrogens is 320 g/mol. The number of nitrogens with one attached hydrogen (secondary N) is 1. The van der Waals surface area contributed by atoms with Crippen molar-refractivity contribution in [3.05, 3.63) is 46.9 Å². The lowest BCUT2D eigenvalue weighted by atomic mass is 10.0. The molecule has 4 rings (SSSR count). The molecule has 0 bridgehead atoms. The van der Waals surface area contributed by atoms with Crippen LogP contribution in [0.2, 0.25) is 0 Å². The van der Waals surface area contributed by atoms with Crippen LogP contribution in [0.4, 0.5) is 5.95 Å². The smallest absolute Gasteiger partial charge is 0.262 e. The third kappa shape index (κ3) is 2.83. The van der Waals surface area contributed by atoms with Gasteiger partial charge in [0.15, 0.2) is 5.65 Å². The van der Waals surface area contributed by atoms with Gasteiger partial charge in [-0.2, -0.15) is 4.98 Å². The lowest BCUT2D eigenvalue weighted by molar-refractivity contribution is 0.122. The number of morpholine rings is 1. The molecule has 2 aromatic heterocycles. The van der Waals surface area contributed by atoms with Crippen LogP contribution in [0.5, 0.6) is 5.75 Å². The predicted molar refractivity (Wildman–Crippen MR) is 95.2 cm³/mol. The Morgan fingerprint density at radius 2 is 1.96 bits per heavy atom. The van der Waals surface area contributed by atoms with Gasteiger partial charge in [0.05, 0.1) is 25.7 Å². The average molecular weight is 338 g/mol. The molecule has 1 N–H and O–H groups in total. The number of para-hydroxylation sites is 1. The number of rotatable bonds is 3. The maximum absolute atomic E-state index is 12.8. The van der Waals surface area contributed by atoms with E-state index in [-0.39, 0.29) is 5.56 Å². The Hall–Kier alpha value is -2.93. The van der Waals surface area contributed by atoms with Gasteiger partial charge in [-0.15, -0.1) is 0 Å². The van der Waals surface area contributed by atoms with Crippen molar-refractivity contribution in [1.82, 2.24) is 15.0 Å². The Balaban J connectivity index is 1.89. The zero-order valence-corrected chi connectivity index (χ0v) is 13.9. The molecule has 1 aromatic carbocycles. The quantitative estimate of drug-likeness (QED) is 0.785. The fraction of sp³-hybridized carbons (Fsp3) is 0.278. The molecule has 3 aromatic rings. The molecule has 0 radical (unpaired) electrons. The number of pyridine rings is 1. The third-order valence-corrected chi connectivity index (χ3v) is 4.30. The second-order valence-electron chi connectivity index (χ2n) is 5.75. The van der Waals surface area contributed by atoms with E-state index in [1.165, 1.54) is 0 Å². The minimum absolute atomic E-state index is 0.208. The summed E-state index contributed by atoms with van der Waals surface area (Å²) in [6.45, 7) is 2.63. The molecule has 0 amide bonds. The van der Waals surface area contributed by atoms with Gasteiger partial charge in [-0.05, 0) is 12.1 Å². The number of hydrogen-bond acceptors (Lipinski definition) is 6. The van der Waals surface area contributed by atoms with Crippen molar-refractivity contribution in [2.45, 2.75) is 0 Å². The number of aromatic amines is 1. The summed E-state index contributed by atoms with van der Waals surface area (Å²) in [6.07, 6.45) is 1.67. The van der Waals surface area contributed by atoms with Gasteiger partial charge in [0.2, 0.25) is 5.95 Å². The first-order valence-corrected chi connectivity index (χ1v) is 8.13. The van der Waals surface area contributed by atoms with Crippen molar-refractivity contribution >= 4 is 17.0 Å². The molecular formula is C18H18N4O3. The minimum atomic E-state index is -0.208. The van der Waals surface area contributed by atoms with Crippen molar-refractivity contribution in [2.24, 2.45) is 0 Å². The second kappa shape index (κ2) is 6.52. The summed E-state index contributed by atoms with van der Waals surface area (Å²) in [6, 6.07) is 9.40. The summed E-state index contributed by atoms with van der Waals surface area (Å²) in [7, 11) is 1.61. The summed E-state index contributed by atoms with van der Waals surface area (Å²) in [5.41, 5.74) is 1.81. The molecule has 0 saturated carbocycles. The van der Waals surface area contributed by atoms with Crippen molar-refractivity contribution in [2.75, 3.05) is 38.3 Å². The highest BCUT2D eigenvalue weighted by Crippen LogP contribution is 2.32. The van der Waals surface area contributed by atoms with Crippen LogP contribution in [-0.4, -0.2) is 48.4 Å². The summed E-state index contributed by atoms with van der Waals surface area (Å²) >= 11 is 0. The molecule has 25 heavy (non-hydrogen) atoms. The highest BCUT2D eigenvalue weighted by molar-refractivity contribution is 5.93. The van der Waals surface area contributed by atoms with Gasteiger partial charge in [-0.25, -0.2) is 4.98 Å². The molecule has 0 atom stereocenters. The zero-order valence-electron chi connectivity index (χ0n) is 13.9. The van der Waals surface area contributed by atoms with E-state index in [9.17, 15) is 4.79 Å². The first kappa shape index (κ1) is 15.6. The van der Waals surface area contributed by atoms with Crippen LogP contribution in [0.1, 0.15) is 0 Å². The highest BCUT2D eigenvalue weighted by atomic mass is 16.5. The van der Waals surface area contributed by atoms with Crippen LogP contribution >= 0.6 is 0 Å². The number of fused-ring (bicyclic) bond motifs is 1. The Morgan fingerprint density at radius 1 is 1.16 bits per heavy atom. The Bertz CT molecular complexity index is 964. The van der Waals surface area contributed by atoms with Crippen molar-refractivity contribution in [3.8, 4) is 16.9 Å². The normalized spacial score (nSPS) is 14.7. The van der Waals surface area contributed by atoms with E-state index in [4.69, 9.17) is 9.47 Å². The molecule has 1 aliphatic rings. The summed E-state index contributed by atoms with van der Waals surface area (Å²) in [4.78, 5) is 26.6. The highest BCUT2D eigenvalue weighted by Gasteiger charge is 2.18. The number of nitrogens with zero attached hydrogens (tertiary/aromatic N) is 3. The number of anilines is 1. The monoisotopic (exact) mass is 338 g/mol. The van der Waals surface area contributed by atoms with E-state index in [0.29, 0.717) is 49.0 Å². The van der Waals surface area contributed by atoms with Crippen molar-refractivity contribution < 1.29 is 9.47 Å². The lowest BCUT2D eigenvalue weighted by Gasteiger charge is -2.27. The van der Waals surface area contributed by atoms with Crippen LogP contribution in [0.15, 0.2) is 41.3 Å². The molecule has 1 saturated heterocycles. The number of H-pyrrole nitrogens is 1. The largest absolute Gasteiger partial charge is 0.496 e. The molecule has 3 heterocycles. The van der Waals surface area contributed by atoms with Gasteiger partial charge in [0.25, 0.3) is 5.56 Å². The van der Waals surface area contributed by atoms with Crippen LogP contribution in [0, 0.1) is 0 Å². The summed E-state index contributed by atoms with van der Waals surface area (Å²) < 4.78 is 10.8. The van der Waals surface area contributed by atoms with Crippen LogP contribution < -0.4 is 15.2 Å². The molecule has 7 heteroatoms. The fourth-order valence-electron chi connectivity index (χ4n) is 3.07. The van der Waals surface area contributed by atoms with Crippen molar-refractivity contribution in [1.29, 1.82) is 0 Å². The van der Waals surface area contributed by atoms with E-state index in [0.717, 1.165) is 11.1 Å². The molecule has 0 aliphatic carbocycles. The summed E-state index contributed by atoms with van der Waals surface area (Å²) in [5, 5.41) is 0.462. The van der Waals surface area contributed by atoms with Crippen LogP contribution in [0.3, 0.4) is 0 Å². The minimum Gasteiger partial charge on any atom is -0.496 e. The van der Waals surface area contributed by atoms with Crippen molar-refractivity contribution in [3.63, 3.8) is 0 Å². The molecule has 7 nitrogen and oxygen atoms in total. The SMILES string of the molecule is COc1ccccc1-c1ccnc2nc(N3CCOCC3)[nH]c(=O)c12. The molecule has 1 aliphatic heterocycles. The Morgan fingerprint density at radius 3 is 2.76 bits per heavy atom. The van der Waals surface area contributed by atoms with Gasteiger partial charge in [-0.3, -0.25) is 9.78 Å². The standard InChI is InChI=1S/C18H18N4O3/c1-24-14-5-3-2-4-12(14)13-6-7-19-16-15(13)17(23)21-18(20-16)22-8-10-25-11-9-22/h2-7H,8-11H2,1H3,(H,19,20,21,23). The van der Waals surface area contributed by atoms with Gasteiger partial charge >= 0.3 is 0 Å². The molecule has 1 fully saturated rings. The number of benzene rings is 1. The average Bonchev–Trinajstić information content (AvgIpc) is 2.68. The first-order valence-electron chi connectivity index (χ1n) is 8.13. The van der Waals surface area contributed by atoms with E-state index in [2.05, 4.69) is 15.0 Å². The van der Waals surface area contributed by atoms with Gasteiger partial charge in [0.1, 0.15) is 5.75 Å². The van der Waals surface area contributed by atoms with E-state index in [1.807, 2.05) is 35.2 Å². The van der Waals surface area contributed by atoms with Gasteiger partial charge in [-0.1, -0.05) is 18.2 Å². The zero-order chi connectivity index (χ0) is 17.2. The number of ether oxygens (including phenoxy) is 2. The Kier molecular flexibility index (Phi) is 4.07. The summed E-state index contributed by atoms with van der Waals surface area (Å²) in [5.74, 6) is 1.23. The predicted octanol–water partition coefficient (Wildman–Crippen LogP) is 1.83. The topological polar surface area (TPSA) is 80.3 Å². The van der Waals surface area contributed by atoms with Gasteiger partial charge < -0.3 is 14.4 Å². The maximum Gasteiger partial charge on any atom is 0.262 e. The molecule has 0 spiro atoms. The number of aromatic nitrogens is 3. The molecule has 128 valence electrons. The first-order chi connectivity index (χ1) is 12.3. The van der Waals surface area contributed by atoms with E-state index >= 15 is 0 Å². The van der Waals surface area contributed by atoms with Gasteiger partial charge in [0, 0.05) is 30.4 Å². The number of methoxy groups -OCH3 is 1. The lowest BCUT2D eigenvalue weighted by Crippen LogP contribution is -2.38. The maximum atomic E-state index is 12.8. The van der Waals surface area contributed by atoms with E-state index in [1.54, 1.807) is 13.3 Å². The fourth-order valence-corrected chi connectivity index (χ4v) is 3.07. The third-order valence-electron chi connectivity index (χ3n) is 4.30. The Labute approximate surface area is 144 Å².